The van der Waals surface area contributed by atoms with Crippen molar-refractivity contribution in [3.8, 4) is 0 Å². The van der Waals surface area contributed by atoms with Gasteiger partial charge in [0.25, 0.3) is 0 Å². The first-order valence-electron chi connectivity index (χ1n) is 4.92. The number of nitrogens with zero attached hydrogens (tertiary/aromatic N) is 1. The van der Waals surface area contributed by atoms with Crippen LogP contribution in [0.2, 0.25) is 0 Å². The molecule has 0 radical (unpaired) electrons. The molecule has 0 aromatic heterocycles. The third-order valence-electron chi connectivity index (χ3n) is 4.04. The molecule has 0 aromatic carbocycles. The van der Waals surface area contributed by atoms with Gasteiger partial charge in [0.2, 0.25) is 0 Å². The molecule has 1 unspecified atom stereocenters. The van der Waals surface area contributed by atoms with E-state index in [0.29, 0.717) is 0 Å². The van der Waals surface area contributed by atoms with Crippen LogP contribution in [0.4, 0.5) is 0 Å². The van der Waals surface area contributed by atoms with Crippen molar-refractivity contribution in [1.29, 1.82) is 0 Å². The maximum absolute atomic E-state index is 2.60. The molecule has 0 spiro atoms. The molecule has 2 aliphatic rings. The molecule has 64 valence electrons. The van der Waals surface area contributed by atoms with Gasteiger partial charge in [-0.05, 0) is 45.1 Å². The van der Waals surface area contributed by atoms with Gasteiger partial charge >= 0.3 is 0 Å². The monoisotopic (exact) mass is 153 g/mol. The van der Waals surface area contributed by atoms with Crippen LogP contribution in [0.25, 0.3) is 0 Å². The number of fused-ring (bicyclic) bond motifs is 2. The molecule has 4 atom stereocenters. The van der Waals surface area contributed by atoms with E-state index in [1.54, 1.807) is 0 Å². The lowest BCUT2D eigenvalue weighted by Crippen LogP contribution is -2.33. The van der Waals surface area contributed by atoms with Gasteiger partial charge in [0.15, 0.2) is 0 Å². The molecule has 1 aliphatic heterocycles. The molecule has 2 bridgehead atoms. The number of hydrogen-bond donors (Lipinski definition) is 0. The molecule has 1 saturated heterocycles. The van der Waals surface area contributed by atoms with Crippen molar-refractivity contribution in [2.45, 2.75) is 45.2 Å². The summed E-state index contributed by atoms with van der Waals surface area (Å²) in [6, 6.07) is 1.76. The third kappa shape index (κ3) is 1.01. The Hall–Kier alpha value is -0.0400. The van der Waals surface area contributed by atoms with E-state index in [-0.39, 0.29) is 0 Å². The summed E-state index contributed by atoms with van der Waals surface area (Å²) in [6.45, 7) is 4.80. The Morgan fingerprint density at radius 2 is 1.91 bits per heavy atom. The Labute approximate surface area is 69.8 Å². The van der Waals surface area contributed by atoms with Crippen LogP contribution < -0.4 is 0 Å². The Morgan fingerprint density at radius 3 is 2.55 bits per heavy atom. The van der Waals surface area contributed by atoms with Crippen LogP contribution in [0.15, 0.2) is 0 Å². The largest absolute Gasteiger partial charge is 0.300 e. The molecule has 11 heavy (non-hydrogen) atoms. The van der Waals surface area contributed by atoms with Gasteiger partial charge in [0, 0.05) is 12.1 Å². The molecule has 1 aliphatic carbocycles. The Bertz CT molecular complexity index is 155. The van der Waals surface area contributed by atoms with Crippen molar-refractivity contribution < 1.29 is 0 Å². The second-order valence-corrected chi connectivity index (χ2v) is 4.52. The standard InChI is InChI=1S/C10H19N/c1-7-4-5-9-6-10(7)11(3)8(9)2/h7-10H,4-6H2,1-3H3/t7?,8-,9+,10+/m1/s1. The maximum Gasteiger partial charge on any atom is 0.0124 e. The maximum atomic E-state index is 2.60. The molecule has 2 rings (SSSR count). The minimum atomic E-state index is 0.852. The lowest BCUT2D eigenvalue weighted by atomic mass is 9.81. The molecule has 0 aromatic rings. The zero-order valence-corrected chi connectivity index (χ0v) is 7.88. The van der Waals surface area contributed by atoms with Gasteiger partial charge in [-0.3, -0.25) is 0 Å². The molecule has 1 heterocycles. The Morgan fingerprint density at radius 1 is 1.18 bits per heavy atom. The predicted molar refractivity (Wildman–Crippen MR) is 47.5 cm³/mol. The zero-order chi connectivity index (χ0) is 8.01. The van der Waals surface area contributed by atoms with Crippen molar-refractivity contribution in [3.05, 3.63) is 0 Å². The molecular weight excluding hydrogens is 134 g/mol. The summed E-state index contributed by atoms with van der Waals surface area (Å²) in [5.74, 6) is 1.96. The zero-order valence-electron chi connectivity index (χ0n) is 7.88. The minimum Gasteiger partial charge on any atom is -0.300 e. The second-order valence-electron chi connectivity index (χ2n) is 4.52. The summed E-state index contributed by atoms with van der Waals surface area (Å²) in [4.78, 5) is 2.60. The van der Waals surface area contributed by atoms with Gasteiger partial charge in [0.1, 0.15) is 0 Å². The van der Waals surface area contributed by atoms with E-state index >= 15 is 0 Å². The Balaban J connectivity index is 2.16. The van der Waals surface area contributed by atoms with Crippen molar-refractivity contribution >= 4 is 0 Å². The average Bonchev–Trinajstić information content (AvgIpc) is 2.24. The van der Waals surface area contributed by atoms with Crippen LogP contribution in [0.5, 0.6) is 0 Å². The fraction of sp³-hybridized carbons (Fsp3) is 1.00. The second kappa shape index (κ2) is 2.48. The molecule has 1 heteroatoms. The third-order valence-corrected chi connectivity index (χ3v) is 4.04. The highest BCUT2D eigenvalue weighted by Gasteiger charge is 2.41. The molecule has 2 fully saturated rings. The van der Waals surface area contributed by atoms with Crippen LogP contribution >= 0.6 is 0 Å². The lowest BCUT2D eigenvalue weighted by Gasteiger charge is -2.28. The van der Waals surface area contributed by atoms with Gasteiger partial charge in [0.05, 0.1) is 0 Å². The quantitative estimate of drug-likeness (QED) is 0.515. The normalized spacial score (nSPS) is 51.5. The summed E-state index contributed by atoms with van der Waals surface area (Å²) in [5, 5.41) is 0. The van der Waals surface area contributed by atoms with E-state index in [1.807, 2.05) is 0 Å². The molecule has 1 nitrogen and oxygen atoms in total. The highest BCUT2D eigenvalue weighted by atomic mass is 15.2. The van der Waals surface area contributed by atoms with Gasteiger partial charge < -0.3 is 4.90 Å². The van der Waals surface area contributed by atoms with Crippen LogP contribution in [0.1, 0.15) is 33.1 Å². The lowest BCUT2D eigenvalue weighted by molar-refractivity contribution is 0.203. The van der Waals surface area contributed by atoms with Crippen molar-refractivity contribution in [3.63, 3.8) is 0 Å². The van der Waals surface area contributed by atoms with Crippen molar-refractivity contribution in [2.75, 3.05) is 7.05 Å². The summed E-state index contributed by atoms with van der Waals surface area (Å²) >= 11 is 0. The van der Waals surface area contributed by atoms with Crippen LogP contribution in [0, 0.1) is 11.8 Å². The summed E-state index contributed by atoms with van der Waals surface area (Å²) in [7, 11) is 2.30. The number of likely N-dealkylation sites (tertiary alicyclic amines) is 1. The van der Waals surface area contributed by atoms with E-state index in [2.05, 4.69) is 25.8 Å². The first-order chi connectivity index (χ1) is 5.20. The topological polar surface area (TPSA) is 3.24 Å². The van der Waals surface area contributed by atoms with Gasteiger partial charge in [-0.25, -0.2) is 0 Å². The van der Waals surface area contributed by atoms with Crippen molar-refractivity contribution in [2.24, 2.45) is 11.8 Å². The first kappa shape index (κ1) is 7.60. The number of rotatable bonds is 0. The smallest absolute Gasteiger partial charge is 0.0124 e. The first-order valence-corrected chi connectivity index (χ1v) is 4.92. The van der Waals surface area contributed by atoms with Gasteiger partial charge in [-0.1, -0.05) is 6.92 Å². The molecule has 0 N–H and O–H groups in total. The fourth-order valence-electron chi connectivity index (χ4n) is 2.97. The van der Waals surface area contributed by atoms with E-state index in [4.69, 9.17) is 0 Å². The highest BCUT2D eigenvalue weighted by molar-refractivity contribution is 4.95. The van der Waals surface area contributed by atoms with E-state index in [1.165, 1.54) is 19.3 Å². The van der Waals surface area contributed by atoms with Gasteiger partial charge in [-0.15, -0.1) is 0 Å². The minimum absolute atomic E-state index is 0.852. The fourth-order valence-corrected chi connectivity index (χ4v) is 2.97. The van der Waals surface area contributed by atoms with Gasteiger partial charge in [-0.2, -0.15) is 0 Å². The molecule has 1 saturated carbocycles. The van der Waals surface area contributed by atoms with E-state index < -0.39 is 0 Å². The summed E-state index contributed by atoms with van der Waals surface area (Å²) in [6.07, 6.45) is 4.41. The van der Waals surface area contributed by atoms with E-state index in [0.717, 1.165) is 23.9 Å². The molecule has 0 amide bonds. The summed E-state index contributed by atoms with van der Waals surface area (Å²) < 4.78 is 0. The molecular formula is C10H19N. The predicted octanol–water partition coefficient (Wildman–Crippen LogP) is 2.13. The SMILES string of the molecule is CC1CC[C@H]2C[C@@H]1N(C)[C@@H]2C. The summed E-state index contributed by atoms with van der Waals surface area (Å²) in [5.41, 5.74) is 0. The van der Waals surface area contributed by atoms with Crippen LogP contribution in [-0.4, -0.2) is 24.0 Å². The van der Waals surface area contributed by atoms with Crippen LogP contribution in [-0.2, 0) is 0 Å². The number of hydrogen-bond acceptors (Lipinski definition) is 1. The van der Waals surface area contributed by atoms with Crippen molar-refractivity contribution in [1.82, 2.24) is 4.90 Å². The highest BCUT2D eigenvalue weighted by Crippen LogP contribution is 2.41. The average molecular weight is 153 g/mol. The van der Waals surface area contributed by atoms with E-state index in [9.17, 15) is 0 Å². The van der Waals surface area contributed by atoms with Crippen LogP contribution in [0.3, 0.4) is 0 Å². The Kier molecular flexibility index (Phi) is 1.71.